The Morgan fingerprint density at radius 3 is 2.54 bits per heavy atom. The van der Waals surface area contributed by atoms with E-state index in [1.807, 2.05) is 30.5 Å². The number of imidazole rings is 1. The van der Waals surface area contributed by atoms with Gasteiger partial charge in [0.05, 0.1) is 35.1 Å². The van der Waals surface area contributed by atoms with Crippen molar-refractivity contribution in [1.82, 2.24) is 34.4 Å². The summed E-state index contributed by atoms with van der Waals surface area (Å²) in [6, 6.07) is 7.46. The highest BCUT2D eigenvalue weighted by Crippen LogP contribution is 2.25. The molecule has 0 atom stereocenters. The first-order chi connectivity index (χ1) is 17.0. The molecule has 1 fully saturated rings. The summed E-state index contributed by atoms with van der Waals surface area (Å²) in [6.07, 6.45) is 5.02. The van der Waals surface area contributed by atoms with Crippen LogP contribution in [-0.4, -0.2) is 73.8 Å². The zero-order valence-corrected chi connectivity index (χ0v) is 19.7. The first kappa shape index (κ1) is 23.0. The minimum absolute atomic E-state index is 0.130. The van der Waals surface area contributed by atoms with Crippen LogP contribution < -0.4 is 10.2 Å². The van der Waals surface area contributed by atoms with E-state index in [1.54, 1.807) is 30.9 Å². The molecule has 0 spiro atoms. The fourth-order valence-corrected chi connectivity index (χ4v) is 4.21. The van der Waals surface area contributed by atoms with Gasteiger partial charge in [0.2, 0.25) is 11.9 Å². The Kier molecular flexibility index (Phi) is 6.49. The Morgan fingerprint density at radius 1 is 1.00 bits per heavy atom. The molecule has 1 saturated heterocycles. The van der Waals surface area contributed by atoms with Crippen LogP contribution >= 0.6 is 0 Å². The number of piperazine rings is 1. The van der Waals surface area contributed by atoms with Crippen LogP contribution in [0.2, 0.25) is 0 Å². The van der Waals surface area contributed by atoms with Gasteiger partial charge in [-0.2, -0.15) is 4.39 Å². The lowest BCUT2D eigenvalue weighted by atomic mass is 10.2. The Bertz CT molecular complexity index is 1300. The van der Waals surface area contributed by atoms with Gasteiger partial charge in [-0.3, -0.25) is 4.90 Å². The van der Waals surface area contributed by atoms with Crippen LogP contribution in [0.4, 0.5) is 26.2 Å². The molecule has 1 N–H and O–H groups in total. The molecule has 0 bridgehead atoms. The van der Waals surface area contributed by atoms with Crippen LogP contribution in [0.25, 0.3) is 22.4 Å². The summed E-state index contributed by atoms with van der Waals surface area (Å²) in [5, 5.41) is 3.10. The minimum Gasteiger partial charge on any atom is -0.368 e. The number of hydrogen-bond acceptors (Lipinski definition) is 8. The van der Waals surface area contributed by atoms with Crippen molar-refractivity contribution in [2.24, 2.45) is 0 Å². The molecule has 4 aromatic rings. The largest absolute Gasteiger partial charge is 0.368 e. The minimum atomic E-state index is -0.632. The van der Waals surface area contributed by atoms with Gasteiger partial charge in [-0.05, 0) is 38.1 Å². The molecule has 0 unspecified atom stereocenters. The maximum absolute atomic E-state index is 14.6. The molecule has 0 aliphatic carbocycles. The van der Waals surface area contributed by atoms with E-state index in [1.165, 1.54) is 0 Å². The van der Waals surface area contributed by atoms with Crippen molar-refractivity contribution in [2.45, 2.75) is 19.9 Å². The third kappa shape index (κ3) is 4.90. The number of halogens is 2. The molecule has 0 radical (unpaired) electrons. The van der Waals surface area contributed by atoms with Gasteiger partial charge >= 0.3 is 0 Å². The SMILES string of the molecule is CC(C)n1cnc2c(F)nc(-c3ccnc(Nc4ccc(N5CCN(CCF)CC5)cn4)n3)cc21. The van der Waals surface area contributed by atoms with Crippen molar-refractivity contribution >= 4 is 28.5 Å². The second-order valence-corrected chi connectivity index (χ2v) is 8.72. The second kappa shape index (κ2) is 9.87. The Labute approximate surface area is 201 Å². The quantitative estimate of drug-likeness (QED) is 0.400. The number of fused-ring (bicyclic) bond motifs is 1. The zero-order chi connectivity index (χ0) is 24.4. The Balaban J connectivity index is 1.32. The number of anilines is 3. The standard InChI is InChI=1S/C24H27F2N9/c1-16(2)35-15-29-22-20(35)13-19(30-23(22)26)18-5-7-27-24(31-18)32-21-4-3-17(14-28-21)34-11-9-33(8-6-25)10-12-34/h3-5,7,13-16H,6,8-12H2,1-2H3,(H,27,28,31,32). The van der Waals surface area contributed by atoms with Gasteiger partial charge < -0.3 is 14.8 Å². The summed E-state index contributed by atoms with van der Waals surface area (Å²) in [7, 11) is 0. The number of alkyl halides is 1. The molecule has 9 nitrogen and oxygen atoms in total. The van der Waals surface area contributed by atoms with E-state index in [-0.39, 0.29) is 18.2 Å². The van der Waals surface area contributed by atoms with E-state index >= 15 is 0 Å². The Hall–Kier alpha value is -3.73. The Morgan fingerprint density at radius 2 is 1.83 bits per heavy atom. The van der Waals surface area contributed by atoms with Crippen molar-refractivity contribution in [3.8, 4) is 11.4 Å². The number of rotatable bonds is 7. The summed E-state index contributed by atoms with van der Waals surface area (Å²) < 4.78 is 29.1. The molecule has 35 heavy (non-hydrogen) atoms. The highest BCUT2D eigenvalue weighted by Gasteiger charge is 2.18. The molecule has 5 heterocycles. The predicted molar refractivity (Wildman–Crippen MR) is 131 cm³/mol. The van der Waals surface area contributed by atoms with Gasteiger partial charge in [0, 0.05) is 45.0 Å². The number of aromatic nitrogens is 6. The van der Waals surface area contributed by atoms with E-state index in [0.717, 1.165) is 31.9 Å². The van der Waals surface area contributed by atoms with Crippen molar-refractivity contribution in [2.75, 3.05) is 49.6 Å². The van der Waals surface area contributed by atoms with Gasteiger partial charge in [0.25, 0.3) is 0 Å². The number of pyridine rings is 2. The lowest BCUT2D eigenvalue weighted by molar-refractivity contribution is 0.235. The molecule has 1 aliphatic heterocycles. The first-order valence-electron chi connectivity index (χ1n) is 11.6. The highest BCUT2D eigenvalue weighted by atomic mass is 19.1. The average molecular weight is 480 g/mol. The first-order valence-corrected chi connectivity index (χ1v) is 11.6. The topological polar surface area (TPSA) is 87.9 Å². The number of hydrogen-bond donors (Lipinski definition) is 1. The highest BCUT2D eigenvalue weighted by molar-refractivity contribution is 5.79. The fourth-order valence-electron chi connectivity index (χ4n) is 4.21. The van der Waals surface area contributed by atoms with Crippen LogP contribution in [0, 0.1) is 5.95 Å². The maximum atomic E-state index is 14.6. The van der Waals surface area contributed by atoms with Gasteiger partial charge in [-0.25, -0.2) is 29.3 Å². The molecular formula is C24H27F2N9. The van der Waals surface area contributed by atoms with E-state index in [2.05, 4.69) is 40.0 Å². The molecule has 182 valence electrons. The molecule has 0 amide bonds. The van der Waals surface area contributed by atoms with Gasteiger partial charge in [-0.1, -0.05) is 0 Å². The van der Waals surface area contributed by atoms with Crippen molar-refractivity contribution in [1.29, 1.82) is 0 Å². The molecule has 0 saturated carbocycles. The third-order valence-corrected chi connectivity index (χ3v) is 6.12. The zero-order valence-electron chi connectivity index (χ0n) is 19.7. The lowest BCUT2D eigenvalue weighted by Crippen LogP contribution is -2.47. The maximum Gasteiger partial charge on any atom is 0.241 e. The predicted octanol–water partition coefficient (Wildman–Crippen LogP) is 3.84. The van der Waals surface area contributed by atoms with E-state index in [4.69, 9.17) is 0 Å². The van der Waals surface area contributed by atoms with Crippen LogP contribution in [0.5, 0.6) is 0 Å². The molecule has 1 aliphatic rings. The normalized spacial score (nSPS) is 14.7. The summed E-state index contributed by atoms with van der Waals surface area (Å²) in [4.78, 5) is 25.9. The molecule has 4 aromatic heterocycles. The van der Waals surface area contributed by atoms with Gasteiger partial charge in [-0.15, -0.1) is 0 Å². The monoisotopic (exact) mass is 479 g/mol. The van der Waals surface area contributed by atoms with Crippen molar-refractivity contribution in [3.05, 3.63) is 48.9 Å². The van der Waals surface area contributed by atoms with Crippen LogP contribution in [-0.2, 0) is 0 Å². The fraction of sp³-hybridized carbons (Fsp3) is 0.375. The average Bonchev–Trinajstić information content (AvgIpc) is 3.31. The molecule has 5 rings (SSSR count). The molecular weight excluding hydrogens is 452 g/mol. The smallest absolute Gasteiger partial charge is 0.241 e. The second-order valence-electron chi connectivity index (χ2n) is 8.72. The van der Waals surface area contributed by atoms with Crippen LogP contribution in [0.3, 0.4) is 0 Å². The summed E-state index contributed by atoms with van der Waals surface area (Å²) in [6.45, 7) is 7.55. The summed E-state index contributed by atoms with van der Waals surface area (Å²) in [5.41, 5.74) is 2.81. The summed E-state index contributed by atoms with van der Waals surface area (Å²) in [5.74, 6) is 0.296. The molecule has 11 heteroatoms. The van der Waals surface area contributed by atoms with Crippen LogP contribution in [0.1, 0.15) is 19.9 Å². The molecule has 0 aromatic carbocycles. The van der Waals surface area contributed by atoms with Gasteiger partial charge in [0.1, 0.15) is 18.0 Å². The van der Waals surface area contributed by atoms with E-state index in [0.29, 0.717) is 35.2 Å². The van der Waals surface area contributed by atoms with E-state index < -0.39 is 5.95 Å². The summed E-state index contributed by atoms with van der Waals surface area (Å²) >= 11 is 0. The van der Waals surface area contributed by atoms with E-state index in [9.17, 15) is 8.78 Å². The number of nitrogens with one attached hydrogen (secondary N) is 1. The van der Waals surface area contributed by atoms with Crippen LogP contribution in [0.15, 0.2) is 43.0 Å². The third-order valence-electron chi connectivity index (χ3n) is 6.12. The van der Waals surface area contributed by atoms with Crippen molar-refractivity contribution < 1.29 is 8.78 Å². The lowest BCUT2D eigenvalue weighted by Gasteiger charge is -2.35. The number of nitrogens with zero attached hydrogens (tertiary/aromatic N) is 8. The van der Waals surface area contributed by atoms with Gasteiger partial charge in [0.15, 0.2) is 0 Å². The van der Waals surface area contributed by atoms with Crippen molar-refractivity contribution in [3.63, 3.8) is 0 Å².